The molecule has 0 saturated carbocycles. The second kappa shape index (κ2) is 4.93. The molecule has 0 spiro atoms. The quantitative estimate of drug-likeness (QED) is 0.778. The van der Waals surface area contributed by atoms with Crippen LogP contribution in [0.4, 0.5) is 4.79 Å². The number of nitriles is 1. The monoisotopic (exact) mass is 258 g/mol. The molecule has 100 valence electrons. The van der Waals surface area contributed by atoms with Crippen molar-refractivity contribution >= 4 is 6.09 Å². The van der Waals surface area contributed by atoms with Gasteiger partial charge in [0, 0.05) is 19.0 Å². The van der Waals surface area contributed by atoms with E-state index in [4.69, 9.17) is 10.00 Å². The minimum Gasteiger partial charge on any atom is -0.444 e. The zero-order valence-electron chi connectivity index (χ0n) is 11.5. The summed E-state index contributed by atoms with van der Waals surface area (Å²) in [7, 11) is 0. The number of hydrogen-bond acceptors (Lipinski definition) is 3. The van der Waals surface area contributed by atoms with Gasteiger partial charge in [0.05, 0.1) is 11.6 Å². The van der Waals surface area contributed by atoms with Crippen LogP contribution in [0, 0.1) is 11.3 Å². The number of amides is 1. The third-order valence-corrected chi connectivity index (χ3v) is 3.02. The molecule has 1 saturated heterocycles. The van der Waals surface area contributed by atoms with Gasteiger partial charge in [0.15, 0.2) is 0 Å². The molecular weight excluding hydrogens is 240 g/mol. The summed E-state index contributed by atoms with van der Waals surface area (Å²) in [6.07, 6.45) is -0.264. The van der Waals surface area contributed by atoms with Crippen molar-refractivity contribution in [3.8, 4) is 6.07 Å². The average Bonchev–Trinajstić information content (AvgIpc) is 2.25. The largest absolute Gasteiger partial charge is 0.444 e. The highest BCUT2D eigenvalue weighted by atomic mass is 16.6. The van der Waals surface area contributed by atoms with Gasteiger partial charge in [-0.1, -0.05) is 12.1 Å². The van der Waals surface area contributed by atoms with Crippen molar-refractivity contribution in [1.82, 2.24) is 4.90 Å². The van der Waals surface area contributed by atoms with E-state index in [-0.39, 0.29) is 6.09 Å². The summed E-state index contributed by atoms with van der Waals surface area (Å²) in [6.45, 7) is 6.89. The van der Waals surface area contributed by atoms with Gasteiger partial charge in [-0.15, -0.1) is 0 Å². The van der Waals surface area contributed by atoms with Crippen LogP contribution in [0.25, 0.3) is 0 Å². The van der Waals surface area contributed by atoms with E-state index in [1.807, 2.05) is 39.0 Å². The molecule has 0 atom stereocenters. The summed E-state index contributed by atoms with van der Waals surface area (Å²) in [5.74, 6) is 0.306. The molecule has 0 N–H and O–H groups in total. The van der Waals surface area contributed by atoms with E-state index >= 15 is 0 Å². The minimum absolute atomic E-state index is 0.264. The van der Waals surface area contributed by atoms with Crippen LogP contribution < -0.4 is 0 Å². The molecule has 1 aliphatic rings. The van der Waals surface area contributed by atoms with E-state index in [0.717, 1.165) is 5.56 Å². The third kappa shape index (κ3) is 3.25. The van der Waals surface area contributed by atoms with Gasteiger partial charge in [-0.3, -0.25) is 0 Å². The molecule has 2 rings (SSSR count). The fraction of sp³-hybridized carbons (Fsp3) is 0.467. The van der Waals surface area contributed by atoms with Gasteiger partial charge in [0.2, 0.25) is 0 Å². The lowest BCUT2D eigenvalue weighted by Crippen LogP contribution is -2.50. The van der Waals surface area contributed by atoms with Crippen molar-refractivity contribution in [2.75, 3.05) is 13.1 Å². The van der Waals surface area contributed by atoms with Gasteiger partial charge in [0.25, 0.3) is 0 Å². The van der Waals surface area contributed by atoms with Gasteiger partial charge in [-0.05, 0) is 38.5 Å². The van der Waals surface area contributed by atoms with E-state index in [2.05, 4.69) is 6.07 Å². The van der Waals surface area contributed by atoms with Gasteiger partial charge < -0.3 is 9.64 Å². The molecule has 1 fully saturated rings. The molecule has 0 bridgehead atoms. The molecule has 1 aliphatic heterocycles. The van der Waals surface area contributed by atoms with E-state index in [0.29, 0.717) is 24.6 Å². The first-order valence-corrected chi connectivity index (χ1v) is 6.37. The molecule has 0 aromatic heterocycles. The van der Waals surface area contributed by atoms with Crippen molar-refractivity contribution in [2.24, 2.45) is 0 Å². The van der Waals surface area contributed by atoms with Gasteiger partial charge in [-0.2, -0.15) is 5.26 Å². The van der Waals surface area contributed by atoms with Crippen molar-refractivity contribution in [3.63, 3.8) is 0 Å². The Morgan fingerprint density at radius 1 is 1.42 bits per heavy atom. The Bertz CT molecular complexity index is 520. The average molecular weight is 258 g/mol. The molecule has 1 aromatic rings. The third-order valence-electron chi connectivity index (χ3n) is 3.02. The molecule has 0 radical (unpaired) electrons. The molecule has 4 heteroatoms. The maximum atomic E-state index is 11.8. The standard InChI is InChI=1S/C15H18N2O2/c1-15(2,3)19-14(18)17-9-13(10-17)12-6-4-5-11(7-12)8-16/h4-7,13H,9-10H2,1-3H3. The fourth-order valence-corrected chi connectivity index (χ4v) is 2.03. The number of rotatable bonds is 1. The normalized spacial score (nSPS) is 15.6. The summed E-state index contributed by atoms with van der Waals surface area (Å²) < 4.78 is 5.31. The smallest absolute Gasteiger partial charge is 0.410 e. The van der Waals surface area contributed by atoms with E-state index in [9.17, 15) is 4.79 Å². The van der Waals surface area contributed by atoms with E-state index in [1.165, 1.54) is 0 Å². The van der Waals surface area contributed by atoms with Crippen molar-refractivity contribution in [2.45, 2.75) is 32.3 Å². The molecule has 1 aromatic carbocycles. The SMILES string of the molecule is CC(C)(C)OC(=O)N1CC(c2cccc(C#N)c2)C1. The number of carbonyl (C=O) groups excluding carboxylic acids is 1. The Morgan fingerprint density at radius 3 is 2.68 bits per heavy atom. The lowest BCUT2D eigenvalue weighted by atomic mass is 9.91. The van der Waals surface area contributed by atoms with Crippen LogP contribution in [0.2, 0.25) is 0 Å². The summed E-state index contributed by atoms with van der Waals surface area (Å²) in [5.41, 5.74) is 1.31. The topological polar surface area (TPSA) is 53.3 Å². The predicted molar refractivity (Wildman–Crippen MR) is 71.7 cm³/mol. The second-order valence-electron chi connectivity index (χ2n) is 5.82. The zero-order chi connectivity index (χ0) is 14.0. The fourth-order valence-electron chi connectivity index (χ4n) is 2.03. The predicted octanol–water partition coefficient (Wildman–Crippen LogP) is 2.89. The molecule has 0 aliphatic carbocycles. The first-order valence-electron chi connectivity index (χ1n) is 6.37. The molecule has 0 unspecified atom stereocenters. The van der Waals surface area contributed by atoms with Gasteiger partial charge in [0.1, 0.15) is 5.60 Å². The summed E-state index contributed by atoms with van der Waals surface area (Å²) >= 11 is 0. The van der Waals surface area contributed by atoms with Crippen LogP contribution in [-0.4, -0.2) is 29.7 Å². The second-order valence-corrected chi connectivity index (χ2v) is 5.82. The van der Waals surface area contributed by atoms with E-state index < -0.39 is 5.60 Å². The highest BCUT2D eigenvalue weighted by Crippen LogP contribution is 2.28. The number of carbonyl (C=O) groups is 1. The van der Waals surface area contributed by atoms with Gasteiger partial charge >= 0.3 is 6.09 Å². The molecule has 1 heterocycles. The minimum atomic E-state index is -0.455. The van der Waals surface area contributed by atoms with Crippen LogP contribution in [0.15, 0.2) is 24.3 Å². The Kier molecular flexibility index (Phi) is 3.48. The van der Waals surface area contributed by atoms with Gasteiger partial charge in [-0.25, -0.2) is 4.79 Å². The lowest BCUT2D eigenvalue weighted by Gasteiger charge is -2.40. The Balaban J connectivity index is 1.93. The number of nitrogens with zero attached hydrogens (tertiary/aromatic N) is 2. The van der Waals surface area contributed by atoms with Crippen LogP contribution in [0.5, 0.6) is 0 Å². The summed E-state index contributed by atoms with van der Waals surface area (Å²) in [6, 6.07) is 9.68. The summed E-state index contributed by atoms with van der Waals surface area (Å²) in [5, 5.41) is 8.87. The van der Waals surface area contributed by atoms with E-state index in [1.54, 1.807) is 11.0 Å². The van der Waals surface area contributed by atoms with Crippen molar-refractivity contribution in [1.29, 1.82) is 5.26 Å². The van der Waals surface area contributed by atoms with Crippen molar-refractivity contribution in [3.05, 3.63) is 35.4 Å². The maximum absolute atomic E-state index is 11.8. The molecule has 4 nitrogen and oxygen atoms in total. The first kappa shape index (κ1) is 13.4. The van der Waals surface area contributed by atoms with Crippen LogP contribution >= 0.6 is 0 Å². The lowest BCUT2D eigenvalue weighted by molar-refractivity contribution is 0.00820. The van der Waals surface area contributed by atoms with Crippen LogP contribution in [-0.2, 0) is 4.74 Å². The number of benzene rings is 1. The summed E-state index contributed by atoms with van der Waals surface area (Å²) in [4.78, 5) is 13.5. The highest BCUT2D eigenvalue weighted by molar-refractivity contribution is 5.69. The number of ether oxygens (including phenoxy) is 1. The van der Waals surface area contributed by atoms with Crippen LogP contribution in [0.1, 0.15) is 37.8 Å². The molecule has 1 amide bonds. The first-order chi connectivity index (χ1) is 8.89. The van der Waals surface area contributed by atoms with Crippen molar-refractivity contribution < 1.29 is 9.53 Å². The number of hydrogen-bond donors (Lipinski definition) is 0. The van der Waals surface area contributed by atoms with Crippen LogP contribution in [0.3, 0.4) is 0 Å². The zero-order valence-corrected chi connectivity index (χ0v) is 11.5. The highest BCUT2D eigenvalue weighted by Gasteiger charge is 2.34. The Labute approximate surface area is 113 Å². The maximum Gasteiger partial charge on any atom is 0.410 e. The Morgan fingerprint density at radius 2 is 2.11 bits per heavy atom. The Hall–Kier alpha value is -2.02. The number of likely N-dealkylation sites (tertiary alicyclic amines) is 1. The molecule has 19 heavy (non-hydrogen) atoms. The molecular formula is C15H18N2O2.